The van der Waals surface area contributed by atoms with Crippen molar-refractivity contribution in [2.24, 2.45) is 16.6 Å². The van der Waals surface area contributed by atoms with Crippen LogP contribution in [-0.4, -0.2) is 17.6 Å². The maximum atomic E-state index is 12.2. The molecule has 0 atom stereocenters. The van der Waals surface area contributed by atoms with E-state index in [-0.39, 0.29) is 17.7 Å². The van der Waals surface area contributed by atoms with Gasteiger partial charge in [-0.2, -0.15) is 0 Å². The molecule has 0 saturated heterocycles. The quantitative estimate of drug-likeness (QED) is 0.508. The molecule has 108 valence electrons. The maximum Gasteiger partial charge on any atom is 0.227 e. The molecule has 1 amide bonds. The number of hydrogen-bond donors (Lipinski definition) is 2. The minimum Gasteiger partial charge on any atom is -0.386 e. The summed E-state index contributed by atoms with van der Waals surface area (Å²) in [6.07, 6.45) is 4.27. The van der Waals surface area contributed by atoms with Crippen LogP contribution in [0.5, 0.6) is 0 Å². The van der Waals surface area contributed by atoms with Gasteiger partial charge in [0.05, 0.1) is 11.6 Å². The van der Waals surface area contributed by atoms with Crippen molar-refractivity contribution in [1.29, 1.82) is 0 Å². The van der Waals surface area contributed by atoms with Gasteiger partial charge in [-0.05, 0) is 37.5 Å². The molecule has 1 aromatic carbocycles. The smallest absolute Gasteiger partial charge is 0.227 e. The molecule has 0 heterocycles. The molecule has 1 aliphatic rings. The molecule has 1 aliphatic carbocycles. The van der Waals surface area contributed by atoms with Crippen LogP contribution in [0.25, 0.3) is 0 Å². The number of alkyl halides is 1. The third-order valence-electron chi connectivity index (χ3n) is 3.69. The second kappa shape index (κ2) is 6.75. The monoisotopic (exact) mass is 293 g/mol. The zero-order valence-corrected chi connectivity index (χ0v) is 12.4. The Morgan fingerprint density at radius 1 is 1.45 bits per heavy atom. The Hall–Kier alpha value is -1.55. The molecule has 0 radical (unpaired) electrons. The number of carbonyl (C=O) groups is 1. The van der Waals surface area contributed by atoms with Crippen LogP contribution in [-0.2, 0) is 4.79 Å². The highest BCUT2D eigenvalue weighted by atomic mass is 35.5. The van der Waals surface area contributed by atoms with Gasteiger partial charge in [0.25, 0.3) is 0 Å². The topological polar surface area (TPSA) is 67.5 Å². The van der Waals surface area contributed by atoms with Crippen molar-refractivity contribution in [3.63, 3.8) is 0 Å². The van der Waals surface area contributed by atoms with Gasteiger partial charge >= 0.3 is 0 Å². The summed E-state index contributed by atoms with van der Waals surface area (Å²) in [6, 6.07) is 5.61. The van der Waals surface area contributed by atoms with E-state index in [9.17, 15) is 4.79 Å². The molecule has 0 aliphatic heterocycles. The first-order valence-electron chi connectivity index (χ1n) is 6.91. The molecule has 3 N–H and O–H groups in total. The van der Waals surface area contributed by atoms with Crippen LogP contribution in [0.4, 0.5) is 11.4 Å². The van der Waals surface area contributed by atoms with Crippen molar-refractivity contribution in [3.05, 3.63) is 23.8 Å². The van der Waals surface area contributed by atoms with Crippen LogP contribution in [0.3, 0.4) is 0 Å². The summed E-state index contributed by atoms with van der Waals surface area (Å²) in [4.78, 5) is 16.4. The number of carbonyl (C=O) groups excluding carboxylic acids is 1. The Kier molecular flexibility index (Phi) is 5.01. The van der Waals surface area contributed by atoms with Crippen LogP contribution in [0, 0.1) is 12.8 Å². The highest BCUT2D eigenvalue weighted by Gasteiger charge is 2.23. The van der Waals surface area contributed by atoms with Gasteiger partial charge < -0.3 is 11.1 Å². The van der Waals surface area contributed by atoms with Crippen LogP contribution >= 0.6 is 11.6 Å². The van der Waals surface area contributed by atoms with Gasteiger partial charge in [-0.1, -0.05) is 18.9 Å². The lowest BCUT2D eigenvalue weighted by Crippen LogP contribution is -2.20. The first kappa shape index (κ1) is 14.9. The lowest BCUT2D eigenvalue weighted by atomic mass is 10.1. The minimum atomic E-state index is 0.108. The Morgan fingerprint density at radius 3 is 2.80 bits per heavy atom. The predicted octanol–water partition coefficient (Wildman–Crippen LogP) is 3.35. The molecule has 4 nitrogen and oxygen atoms in total. The van der Waals surface area contributed by atoms with E-state index in [0.717, 1.165) is 42.6 Å². The summed E-state index contributed by atoms with van der Waals surface area (Å²) in [5.74, 6) is 0.818. The molecule has 0 spiro atoms. The van der Waals surface area contributed by atoms with Crippen molar-refractivity contribution in [2.75, 3.05) is 11.2 Å². The molecule has 2 rings (SSSR count). The summed E-state index contributed by atoms with van der Waals surface area (Å²) >= 11 is 5.64. The van der Waals surface area contributed by atoms with E-state index < -0.39 is 0 Å². The molecule has 0 unspecified atom stereocenters. The van der Waals surface area contributed by atoms with Gasteiger partial charge in [0.15, 0.2) is 0 Å². The molecule has 0 aromatic heterocycles. The zero-order valence-electron chi connectivity index (χ0n) is 11.7. The highest BCUT2D eigenvalue weighted by molar-refractivity contribution is 6.28. The number of nitrogens with one attached hydrogen (secondary N) is 1. The maximum absolute atomic E-state index is 12.2. The summed E-state index contributed by atoms with van der Waals surface area (Å²) in [6.45, 7) is 1.92. The standard InChI is InChI=1S/C15H20ClN3O/c1-10-12(18-14(17)9-16)7-4-8-13(10)19-15(20)11-5-2-3-6-11/h4,7-8,11H,2-3,5-6,9H2,1H3,(H2,17,18)(H,19,20). The summed E-state index contributed by atoms with van der Waals surface area (Å²) in [7, 11) is 0. The summed E-state index contributed by atoms with van der Waals surface area (Å²) < 4.78 is 0. The number of nitrogens with two attached hydrogens (primary N) is 1. The number of nitrogens with zero attached hydrogens (tertiary/aromatic N) is 1. The summed E-state index contributed by atoms with van der Waals surface area (Å²) in [5.41, 5.74) is 8.10. The Morgan fingerprint density at radius 2 is 2.15 bits per heavy atom. The number of rotatable bonds is 4. The Labute approximate surface area is 124 Å². The molecular formula is C15H20ClN3O. The van der Waals surface area contributed by atoms with E-state index in [0.29, 0.717) is 5.84 Å². The third-order valence-corrected chi connectivity index (χ3v) is 3.96. The number of hydrogen-bond acceptors (Lipinski definition) is 2. The SMILES string of the molecule is Cc1c(N=C(N)CCl)cccc1NC(=O)C1CCCC1. The number of aliphatic imine (C=N–C) groups is 1. The first-order valence-corrected chi connectivity index (χ1v) is 7.44. The van der Waals surface area contributed by atoms with Crippen LogP contribution < -0.4 is 11.1 Å². The Balaban J connectivity index is 2.16. The van der Waals surface area contributed by atoms with Crippen molar-refractivity contribution < 1.29 is 4.79 Å². The molecule has 1 aromatic rings. The predicted molar refractivity (Wildman–Crippen MR) is 83.8 cm³/mol. The highest BCUT2D eigenvalue weighted by Crippen LogP contribution is 2.29. The largest absolute Gasteiger partial charge is 0.386 e. The van der Waals surface area contributed by atoms with Gasteiger partial charge in [-0.25, -0.2) is 4.99 Å². The number of amides is 1. The van der Waals surface area contributed by atoms with Crippen LogP contribution in [0.15, 0.2) is 23.2 Å². The Bertz CT molecular complexity index is 522. The van der Waals surface area contributed by atoms with E-state index in [1.807, 2.05) is 25.1 Å². The second-order valence-electron chi connectivity index (χ2n) is 5.16. The first-order chi connectivity index (χ1) is 9.61. The van der Waals surface area contributed by atoms with Gasteiger partial charge in [-0.3, -0.25) is 4.79 Å². The van der Waals surface area contributed by atoms with Crippen molar-refractivity contribution >= 4 is 34.7 Å². The summed E-state index contributed by atoms with van der Waals surface area (Å²) in [5, 5.41) is 3.00. The second-order valence-corrected chi connectivity index (χ2v) is 5.42. The van der Waals surface area contributed by atoms with E-state index in [1.165, 1.54) is 0 Å². The van der Waals surface area contributed by atoms with Crippen molar-refractivity contribution in [3.8, 4) is 0 Å². The lowest BCUT2D eigenvalue weighted by molar-refractivity contribution is -0.119. The molecular weight excluding hydrogens is 274 g/mol. The fourth-order valence-corrected chi connectivity index (χ4v) is 2.55. The normalized spacial score (nSPS) is 16.4. The number of amidine groups is 1. The molecule has 1 fully saturated rings. The van der Waals surface area contributed by atoms with E-state index >= 15 is 0 Å². The van der Waals surface area contributed by atoms with Crippen molar-refractivity contribution in [1.82, 2.24) is 0 Å². The molecule has 20 heavy (non-hydrogen) atoms. The number of anilines is 1. The van der Waals surface area contributed by atoms with E-state index in [4.69, 9.17) is 17.3 Å². The average Bonchev–Trinajstić information content (AvgIpc) is 2.97. The number of benzene rings is 1. The van der Waals surface area contributed by atoms with E-state index in [1.54, 1.807) is 0 Å². The fraction of sp³-hybridized carbons (Fsp3) is 0.467. The molecule has 0 bridgehead atoms. The zero-order chi connectivity index (χ0) is 14.5. The van der Waals surface area contributed by atoms with E-state index in [2.05, 4.69) is 10.3 Å². The lowest BCUT2D eigenvalue weighted by Gasteiger charge is -2.13. The molecule has 1 saturated carbocycles. The average molecular weight is 294 g/mol. The van der Waals surface area contributed by atoms with Crippen LogP contribution in [0.1, 0.15) is 31.2 Å². The fourth-order valence-electron chi connectivity index (χ4n) is 2.49. The molecule has 5 heteroatoms. The van der Waals surface area contributed by atoms with Gasteiger partial charge in [0, 0.05) is 11.6 Å². The van der Waals surface area contributed by atoms with Crippen LogP contribution in [0.2, 0.25) is 0 Å². The van der Waals surface area contributed by atoms with Gasteiger partial charge in [0.2, 0.25) is 5.91 Å². The van der Waals surface area contributed by atoms with Crippen molar-refractivity contribution in [2.45, 2.75) is 32.6 Å². The third kappa shape index (κ3) is 3.51. The van der Waals surface area contributed by atoms with Gasteiger partial charge in [-0.15, -0.1) is 11.6 Å². The number of halogens is 1. The van der Waals surface area contributed by atoms with Gasteiger partial charge in [0.1, 0.15) is 5.84 Å². The minimum absolute atomic E-state index is 0.108.